The van der Waals surface area contributed by atoms with Gasteiger partial charge in [-0.1, -0.05) is 76.3 Å². The van der Waals surface area contributed by atoms with E-state index in [2.05, 4.69) is 75.1 Å². The molecule has 0 radical (unpaired) electrons. The van der Waals surface area contributed by atoms with E-state index in [4.69, 9.17) is 9.47 Å². The number of esters is 1. The second-order valence-electron chi connectivity index (χ2n) is 13.6. The summed E-state index contributed by atoms with van der Waals surface area (Å²) < 4.78 is 12.9. The number of fused-ring (bicyclic) bond motifs is 2. The third kappa shape index (κ3) is 8.20. The molecule has 0 spiro atoms. The first kappa shape index (κ1) is 31.7. The van der Waals surface area contributed by atoms with Crippen molar-refractivity contribution >= 4 is 11.9 Å². The summed E-state index contributed by atoms with van der Waals surface area (Å²) in [6.07, 6.45) is 11.4. The molecule has 1 aliphatic heterocycles. The van der Waals surface area contributed by atoms with Gasteiger partial charge in [-0.3, -0.25) is 9.69 Å². The highest BCUT2D eigenvalue weighted by molar-refractivity contribution is 5.87. The molecular weight excluding hydrogens is 526 g/mol. The quantitative estimate of drug-likeness (QED) is 0.381. The molecule has 226 valence electrons. The zero-order chi connectivity index (χ0) is 30.5. The van der Waals surface area contributed by atoms with E-state index in [1.165, 1.54) is 5.56 Å². The van der Waals surface area contributed by atoms with Crippen LogP contribution in [0, 0.1) is 5.41 Å². The summed E-state index contributed by atoms with van der Waals surface area (Å²) in [6, 6.07) is 13.6. The summed E-state index contributed by atoms with van der Waals surface area (Å²) in [5.74, 6) is -1.11. The molecule has 1 unspecified atom stereocenters. The first-order valence-electron chi connectivity index (χ1n) is 15.1. The fourth-order valence-electron chi connectivity index (χ4n) is 5.67. The Morgan fingerprint density at radius 1 is 1.05 bits per heavy atom. The molecule has 42 heavy (non-hydrogen) atoms. The van der Waals surface area contributed by atoms with Crippen molar-refractivity contribution in [3.8, 4) is 0 Å². The van der Waals surface area contributed by atoms with Crippen molar-refractivity contribution in [2.45, 2.75) is 97.5 Å². The third-order valence-corrected chi connectivity index (χ3v) is 8.53. The molecule has 0 saturated carbocycles. The van der Waals surface area contributed by atoms with Gasteiger partial charge in [-0.05, 0) is 85.5 Å². The number of hydrogen-bond acceptors (Lipinski definition) is 5. The SMILES string of the molecule is CC(C)(C)c1cc2cc(c1)C(C)(C)OC(=O)CCCCN(Cc1ccc(C(=O)O)cc1)C[C@@H](C1(C)C=CC=CC1)OC2. The molecule has 0 amide bonds. The lowest BCUT2D eigenvalue weighted by molar-refractivity contribution is -0.157. The van der Waals surface area contributed by atoms with Gasteiger partial charge in [0.2, 0.25) is 0 Å². The average molecular weight is 574 g/mol. The minimum absolute atomic E-state index is 0.0803. The summed E-state index contributed by atoms with van der Waals surface area (Å²) >= 11 is 0. The number of carboxylic acids is 1. The van der Waals surface area contributed by atoms with E-state index < -0.39 is 11.6 Å². The number of ether oxygens (including phenoxy) is 2. The molecule has 0 saturated heterocycles. The van der Waals surface area contributed by atoms with Gasteiger partial charge in [0.25, 0.3) is 0 Å². The van der Waals surface area contributed by atoms with Crippen LogP contribution in [0.3, 0.4) is 0 Å². The van der Waals surface area contributed by atoms with Crippen molar-refractivity contribution in [2.24, 2.45) is 5.41 Å². The maximum absolute atomic E-state index is 13.0. The average Bonchev–Trinajstić information content (AvgIpc) is 2.92. The first-order chi connectivity index (χ1) is 19.7. The summed E-state index contributed by atoms with van der Waals surface area (Å²) in [7, 11) is 0. The van der Waals surface area contributed by atoms with Crippen LogP contribution >= 0.6 is 0 Å². The summed E-state index contributed by atoms with van der Waals surface area (Å²) in [6.45, 7) is 15.4. The van der Waals surface area contributed by atoms with Crippen molar-refractivity contribution in [3.05, 3.63) is 94.6 Å². The van der Waals surface area contributed by atoms with Gasteiger partial charge < -0.3 is 14.6 Å². The molecule has 1 N–H and O–H groups in total. The number of benzene rings is 2. The smallest absolute Gasteiger partial charge is 0.335 e. The first-order valence-corrected chi connectivity index (χ1v) is 15.1. The van der Waals surface area contributed by atoms with Gasteiger partial charge in [0.05, 0.1) is 18.3 Å². The van der Waals surface area contributed by atoms with Crippen LogP contribution in [0.2, 0.25) is 0 Å². The predicted octanol–water partition coefficient (Wildman–Crippen LogP) is 7.55. The molecule has 1 aliphatic carbocycles. The molecule has 1 heterocycles. The largest absolute Gasteiger partial charge is 0.478 e. The van der Waals surface area contributed by atoms with Crippen LogP contribution in [0.1, 0.15) is 99.8 Å². The third-order valence-electron chi connectivity index (χ3n) is 8.53. The molecule has 2 aromatic rings. The van der Waals surface area contributed by atoms with Gasteiger partial charge in [0.1, 0.15) is 5.60 Å². The lowest BCUT2D eigenvalue weighted by Gasteiger charge is -2.39. The number of aromatic carboxylic acids is 1. The standard InChI is InChI=1S/C36H47NO5/c1-34(2,3)29-20-27-21-30(22-29)35(4,5)42-32(38)12-8-11-19-37(23-26-13-15-28(16-14-26)33(39)40)24-31(41-25-27)36(6)17-9-7-10-18-36/h7,9-10,13-17,20-22,31H,8,11-12,18-19,23-25H2,1-6H3,(H,39,40)/t31-,36?/m0/s1. The highest BCUT2D eigenvalue weighted by Gasteiger charge is 2.35. The summed E-state index contributed by atoms with van der Waals surface area (Å²) in [5.41, 5.74) is 3.53. The monoisotopic (exact) mass is 573 g/mol. The molecule has 2 bridgehead atoms. The Balaban J connectivity index is 1.69. The molecule has 4 rings (SSSR count). The van der Waals surface area contributed by atoms with Gasteiger partial charge in [0.15, 0.2) is 0 Å². The fourth-order valence-corrected chi connectivity index (χ4v) is 5.67. The number of carbonyl (C=O) groups excluding carboxylic acids is 1. The molecule has 2 aliphatic rings. The van der Waals surface area contributed by atoms with Crippen LogP contribution in [-0.4, -0.2) is 41.1 Å². The Morgan fingerprint density at radius 3 is 2.43 bits per heavy atom. The Kier molecular flexibility index (Phi) is 9.79. The van der Waals surface area contributed by atoms with Crippen LogP contribution < -0.4 is 0 Å². The highest BCUT2D eigenvalue weighted by Crippen LogP contribution is 2.36. The molecule has 6 heteroatoms. The molecule has 6 nitrogen and oxygen atoms in total. The van der Waals surface area contributed by atoms with E-state index in [0.29, 0.717) is 26.1 Å². The van der Waals surface area contributed by atoms with Gasteiger partial charge in [-0.25, -0.2) is 4.79 Å². The van der Waals surface area contributed by atoms with Crippen molar-refractivity contribution in [1.82, 2.24) is 4.90 Å². The van der Waals surface area contributed by atoms with Crippen LogP contribution in [-0.2, 0) is 38.4 Å². The van der Waals surface area contributed by atoms with E-state index in [-0.39, 0.29) is 28.5 Å². The van der Waals surface area contributed by atoms with Crippen LogP contribution in [0.5, 0.6) is 0 Å². The van der Waals surface area contributed by atoms with Gasteiger partial charge in [-0.15, -0.1) is 0 Å². The normalized spacial score (nSPS) is 24.0. The molecule has 2 atom stereocenters. The second-order valence-corrected chi connectivity index (χ2v) is 13.6. The zero-order valence-corrected chi connectivity index (χ0v) is 26.1. The van der Waals surface area contributed by atoms with Crippen LogP contribution in [0.4, 0.5) is 0 Å². The highest BCUT2D eigenvalue weighted by atomic mass is 16.6. The Bertz CT molecular complexity index is 1320. The van der Waals surface area contributed by atoms with Crippen molar-refractivity contribution in [3.63, 3.8) is 0 Å². The minimum Gasteiger partial charge on any atom is -0.478 e. The summed E-state index contributed by atoms with van der Waals surface area (Å²) in [4.78, 5) is 26.7. The lowest BCUT2D eigenvalue weighted by atomic mass is 9.78. The van der Waals surface area contributed by atoms with E-state index >= 15 is 0 Å². The maximum atomic E-state index is 13.0. The second kappa shape index (κ2) is 13.0. The Labute approximate surface area is 251 Å². The Hall–Kier alpha value is -3.22. The topological polar surface area (TPSA) is 76.1 Å². The van der Waals surface area contributed by atoms with E-state index in [1.54, 1.807) is 12.1 Å². The summed E-state index contributed by atoms with van der Waals surface area (Å²) in [5, 5.41) is 9.33. The zero-order valence-electron chi connectivity index (χ0n) is 26.1. The predicted molar refractivity (Wildman–Crippen MR) is 166 cm³/mol. The van der Waals surface area contributed by atoms with Gasteiger partial charge in [0, 0.05) is 24.9 Å². The molecule has 0 aromatic heterocycles. The number of carbonyl (C=O) groups is 2. The van der Waals surface area contributed by atoms with Gasteiger partial charge >= 0.3 is 11.9 Å². The van der Waals surface area contributed by atoms with Crippen molar-refractivity contribution < 1.29 is 24.2 Å². The Morgan fingerprint density at radius 2 is 1.79 bits per heavy atom. The molecule has 2 aromatic carbocycles. The van der Waals surface area contributed by atoms with Crippen molar-refractivity contribution in [2.75, 3.05) is 13.1 Å². The number of allylic oxidation sites excluding steroid dienone is 3. The molecule has 0 fully saturated rings. The molecular formula is C36H47NO5. The van der Waals surface area contributed by atoms with E-state index in [1.807, 2.05) is 26.0 Å². The number of cyclic esters (lactones) is 1. The number of rotatable bonds is 4. The van der Waals surface area contributed by atoms with E-state index in [9.17, 15) is 14.7 Å². The van der Waals surface area contributed by atoms with Crippen LogP contribution in [0.25, 0.3) is 0 Å². The van der Waals surface area contributed by atoms with E-state index in [0.717, 1.165) is 42.5 Å². The number of nitrogens with zero attached hydrogens (tertiary/aromatic N) is 1. The van der Waals surface area contributed by atoms with Crippen molar-refractivity contribution in [1.29, 1.82) is 0 Å². The fraction of sp³-hybridized carbons (Fsp3) is 0.500. The van der Waals surface area contributed by atoms with Gasteiger partial charge in [-0.2, -0.15) is 0 Å². The maximum Gasteiger partial charge on any atom is 0.335 e. The number of hydrogen-bond donors (Lipinski definition) is 1. The lowest BCUT2D eigenvalue weighted by Crippen LogP contribution is -2.43. The minimum atomic E-state index is -0.928. The number of carboxylic acid groups (broad SMARTS) is 1. The van der Waals surface area contributed by atoms with Crippen LogP contribution in [0.15, 0.2) is 66.8 Å².